The molecule has 1 amide bonds. The van der Waals surface area contributed by atoms with Gasteiger partial charge in [-0.1, -0.05) is 30.3 Å². The molecule has 48 heavy (non-hydrogen) atoms. The zero-order valence-corrected chi connectivity index (χ0v) is 27.7. The first-order chi connectivity index (χ1) is 23.2. The maximum atomic E-state index is 13.9. The maximum Gasteiger partial charge on any atom is 0.269 e. The van der Waals surface area contributed by atoms with E-state index in [1.807, 2.05) is 30.5 Å². The fourth-order valence-electron chi connectivity index (χ4n) is 5.15. The number of nitrogens with one attached hydrogen (secondary N) is 1. The summed E-state index contributed by atoms with van der Waals surface area (Å²) in [7, 11) is 1.50. The molecule has 242 valence electrons. The molecule has 5 aromatic rings. The first-order valence-corrected chi connectivity index (χ1v) is 16.1. The average molecular weight is 729 g/mol. The number of methoxy groups -OCH3 is 1. The lowest BCUT2D eigenvalue weighted by molar-refractivity contribution is -0.385. The van der Waals surface area contributed by atoms with Gasteiger partial charge in [0.1, 0.15) is 6.61 Å². The third-order valence-electron chi connectivity index (χ3n) is 7.51. The Balaban J connectivity index is 1.27. The van der Waals surface area contributed by atoms with Crippen molar-refractivity contribution in [3.63, 3.8) is 0 Å². The first-order valence-electron chi connectivity index (χ1n) is 14.5. The molecule has 1 N–H and O–H groups in total. The second kappa shape index (κ2) is 14.1. The lowest BCUT2D eigenvalue weighted by atomic mass is 10.1. The van der Waals surface area contributed by atoms with Crippen LogP contribution < -0.4 is 9.47 Å². The summed E-state index contributed by atoms with van der Waals surface area (Å²) < 4.78 is 12.2. The monoisotopic (exact) mass is 727 g/mol. The smallest absolute Gasteiger partial charge is 0.269 e. The van der Waals surface area contributed by atoms with Crippen molar-refractivity contribution in [1.82, 2.24) is 9.88 Å². The van der Waals surface area contributed by atoms with Gasteiger partial charge in [0.25, 0.3) is 17.3 Å². The highest BCUT2D eigenvalue weighted by atomic mass is 79.9. The SMILES string of the molecule is COc1cc(/C=C2\SC(=Nc3ccc([N+](=O)[O-])cc3)N(CCc3c[nH]c4ccccc34)C2=O)cc(Br)c1OCc1cccc([N+](=O)[O-])c1. The minimum atomic E-state index is -0.477. The predicted octanol–water partition coefficient (Wildman–Crippen LogP) is 8.18. The minimum Gasteiger partial charge on any atom is -0.493 e. The van der Waals surface area contributed by atoms with Crippen LogP contribution in [-0.2, 0) is 17.8 Å². The molecule has 1 aliphatic heterocycles. The number of carbonyl (C=O) groups is 1. The van der Waals surface area contributed by atoms with Crippen molar-refractivity contribution >= 4 is 72.8 Å². The van der Waals surface area contributed by atoms with Crippen molar-refractivity contribution < 1.29 is 24.1 Å². The van der Waals surface area contributed by atoms with Crippen molar-refractivity contribution in [3.8, 4) is 11.5 Å². The zero-order chi connectivity index (χ0) is 33.8. The molecule has 0 radical (unpaired) electrons. The van der Waals surface area contributed by atoms with Crippen molar-refractivity contribution in [1.29, 1.82) is 0 Å². The van der Waals surface area contributed by atoms with E-state index in [-0.39, 0.29) is 23.9 Å². The van der Waals surface area contributed by atoms with Crippen LogP contribution in [0.25, 0.3) is 17.0 Å². The van der Waals surface area contributed by atoms with E-state index in [0.29, 0.717) is 55.8 Å². The highest BCUT2D eigenvalue weighted by Crippen LogP contribution is 2.40. The number of ether oxygens (including phenoxy) is 2. The van der Waals surface area contributed by atoms with Gasteiger partial charge in [0.05, 0.1) is 32.0 Å². The second-order valence-corrected chi connectivity index (χ2v) is 12.5. The van der Waals surface area contributed by atoms with Gasteiger partial charge in [0, 0.05) is 47.9 Å². The van der Waals surface area contributed by atoms with E-state index in [2.05, 4.69) is 20.9 Å². The van der Waals surface area contributed by atoms with Crippen LogP contribution in [0.3, 0.4) is 0 Å². The van der Waals surface area contributed by atoms with Crippen LogP contribution in [0.1, 0.15) is 16.7 Å². The number of amides is 1. The van der Waals surface area contributed by atoms with Crippen LogP contribution in [0.15, 0.2) is 105 Å². The van der Waals surface area contributed by atoms with Gasteiger partial charge in [-0.25, -0.2) is 4.99 Å². The van der Waals surface area contributed by atoms with Gasteiger partial charge >= 0.3 is 0 Å². The van der Waals surface area contributed by atoms with E-state index in [1.54, 1.807) is 47.4 Å². The third kappa shape index (κ3) is 7.09. The molecule has 1 aliphatic rings. The number of H-pyrrole nitrogens is 1. The molecule has 14 heteroatoms. The van der Waals surface area contributed by atoms with E-state index < -0.39 is 9.85 Å². The molecule has 0 unspecified atom stereocenters. The lowest BCUT2D eigenvalue weighted by Gasteiger charge is -2.15. The summed E-state index contributed by atoms with van der Waals surface area (Å²) >= 11 is 4.75. The van der Waals surface area contributed by atoms with Crippen LogP contribution in [0.5, 0.6) is 11.5 Å². The lowest BCUT2D eigenvalue weighted by Crippen LogP contribution is -2.31. The van der Waals surface area contributed by atoms with Gasteiger partial charge in [-0.15, -0.1) is 0 Å². The number of carbonyl (C=O) groups excluding carboxylic acids is 1. The topological polar surface area (TPSA) is 153 Å². The highest BCUT2D eigenvalue weighted by Gasteiger charge is 2.33. The summed E-state index contributed by atoms with van der Waals surface area (Å²) in [5.74, 6) is 0.562. The van der Waals surface area contributed by atoms with E-state index in [9.17, 15) is 25.0 Å². The number of nitro benzene ring substituents is 2. The number of fused-ring (bicyclic) bond motifs is 1. The number of halogens is 1. The van der Waals surface area contributed by atoms with Gasteiger partial charge in [0.15, 0.2) is 16.7 Å². The number of hydrogen-bond donors (Lipinski definition) is 1. The molecule has 0 aliphatic carbocycles. The number of aromatic nitrogens is 1. The number of aliphatic imine (C=N–C) groups is 1. The van der Waals surface area contributed by atoms with Crippen LogP contribution in [0.2, 0.25) is 0 Å². The Bertz CT molecular complexity index is 2110. The van der Waals surface area contributed by atoms with Gasteiger partial charge in [-0.3, -0.25) is 29.9 Å². The Kier molecular flexibility index (Phi) is 9.55. The second-order valence-electron chi connectivity index (χ2n) is 10.6. The molecule has 1 fully saturated rings. The number of nitrogens with zero attached hydrogens (tertiary/aromatic N) is 4. The highest BCUT2D eigenvalue weighted by molar-refractivity contribution is 9.10. The normalized spacial score (nSPS) is 14.6. The van der Waals surface area contributed by atoms with Crippen molar-refractivity contribution in [2.45, 2.75) is 13.0 Å². The molecule has 0 saturated carbocycles. The molecular weight excluding hydrogens is 702 g/mol. The average Bonchev–Trinajstić information content (AvgIpc) is 3.62. The van der Waals surface area contributed by atoms with Crippen LogP contribution in [-0.4, -0.2) is 44.5 Å². The predicted molar refractivity (Wildman–Crippen MR) is 188 cm³/mol. The summed E-state index contributed by atoms with van der Waals surface area (Å²) in [6.07, 6.45) is 4.25. The molecule has 0 bridgehead atoms. The third-order valence-corrected chi connectivity index (χ3v) is 9.10. The standard InChI is InChI=1S/C34H26BrN5O7S/c1-46-30-17-22(16-28(35)32(30)47-20-21-5-4-6-26(15-21)40(44)45)18-31-33(41)38(14-13-23-19-36-29-8-3-2-7-27(23)29)34(48-31)37-24-9-11-25(12-10-24)39(42)43/h2-12,15-19,36H,13-14,20H2,1H3/b31-18-,37-34?. The van der Waals surface area contributed by atoms with Crippen LogP contribution >= 0.6 is 27.7 Å². The van der Waals surface area contributed by atoms with E-state index in [1.165, 1.54) is 43.1 Å². The molecule has 2 heterocycles. The zero-order valence-electron chi connectivity index (χ0n) is 25.3. The number of nitro groups is 2. The molecule has 4 aromatic carbocycles. The van der Waals surface area contributed by atoms with E-state index >= 15 is 0 Å². The van der Waals surface area contributed by atoms with Gasteiger partial charge < -0.3 is 14.5 Å². The largest absolute Gasteiger partial charge is 0.493 e. The quantitative estimate of drug-likeness (QED) is 0.0812. The molecule has 1 saturated heterocycles. The van der Waals surface area contributed by atoms with Gasteiger partial charge in [-0.2, -0.15) is 0 Å². The molecule has 1 aromatic heterocycles. The van der Waals surface area contributed by atoms with Gasteiger partial charge in [-0.05, 0) is 87.2 Å². The Morgan fingerprint density at radius 2 is 1.75 bits per heavy atom. The number of benzene rings is 4. The Hall–Kier alpha value is -5.47. The number of non-ortho nitro benzene ring substituents is 2. The fraction of sp³-hybridized carbons (Fsp3) is 0.118. The van der Waals surface area contributed by atoms with Crippen molar-refractivity contribution in [2.75, 3.05) is 13.7 Å². The first kappa shape index (κ1) is 32.5. The number of hydrogen-bond acceptors (Lipinski definition) is 9. The fourth-order valence-corrected chi connectivity index (χ4v) is 6.75. The summed E-state index contributed by atoms with van der Waals surface area (Å²) in [5.41, 5.74) is 3.73. The van der Waals surface area contributed by atoms with Crippen LogP contribution in [0.4, 0.5) is 17.1 Å². The number of aromatic amines is 1. The van der Waals surface area contributed by atoms with Crippen molar-refractivity contribution in [2.24, 2.45) is 4.99 Å². The number of para-hydroxylation sites is 1. The van der Waals surface area contributed by atoms with Crippen LogP contribution in [0, 0.1) is 20.2 Å². The summed E-state index contributed by atoms with van der Waals surface area (Å²) in [4.78, 5) is 45.2. The molecular formula is C34H26BrN5O7S. The van der Waals surface area contributed by atoms with Crippen molar-refractivity contribution in [3.05, 3.63) is 137 Å². The number of amidine groups is 1. The Morgan fingerprint density at radius 1 is 0.979 bits per heavy atom. The Labute approximate surface area is 286 Å². The van der Waals surface area contributed by atoms with E-state index in [0.717, 1.165) is 16.5 Å². The number of thioether (sulfide) groups is 1. The molecule has 0 spiro atoms. The summed E-state index contributed by atoms with van der Waals surface area (Å²) in [5, 5.41) is 23.8. The Morgan fingerprint density at radius 3 is 2.50 bits per heavy atom. The van der Waals surface area contributed by atoms with Gasteiger partial charge in [0.2, 0.25) is 0 Å². The molecule has 12 nitrogen and oxygen atoms in total. The maximum absolute atomic E-state index is 13.9. The van der Waals surface area contributed by atoms with E-state index in [4.69, 9.17) is 14.5 Å². The molecule has 6 rings (SSSR count). The minimum absolute atomic E-state index is 0.0326. The summed E-state index contributed by atoms with van der Waals surface area (Å²) in [6, 6.07) is 23.5. The molecule has 0 atom stereocenters. The summed E-state index contributed by atoms with van der Waals surface area (Å²) in [6.45, 7) is 0.424. The number of rotatable bonds is 11.